The highest BCUT2D eigenvalue weighted by Gasteiger charge is 2.41. The minimum absolute atomic E-state index is 0.0193. The molecule has 2 bridgehead atoms. The first-order valence-corrected chi connectivity index (χ1v) is 7.82. The normalized spacial score (nSPS) is 24.7. The van der Waals surface area contributed by atoms with E-state index in [0.29, 0.717) is 31.9 Å². The van der Waals surface area contributed by atoms with Gasteiger partial charge in [-0.2, -0.15) is 0 Å². The molecule has 0 aromatic carbocycles. The number of carbonyl (C=O) groups excluding carboxylic acids is 2. The number of rotatable bonds is 4. The minimum Gasteiger partial charge on any atom is -0.383 e. The second-order valence-electron chi connectivity index (χ2n) is 6.17. The molecule has 4 heterocycles. The molecule has 0 unspecified atom stereocenters. The van der Waals surface area contributed by atoms with Crippen LogP contribution in [-0.2, 0) is 16.6 Å². The van der Waals surface area contributed by atoms with Crippen LogP contribution in [0, 0.1) is 5.92 Å². The molecular weight excluding hydrogens is 282 g/mol. The molecule has 1 aromatic rings. The van der Waals surface area contributed by atoms with Crippen molar-refractivity contribution in [2.45, 2.75) is 18.9 Å². The summed E-state index contributed by atoms with van der Waals surface area (Å²) in [4.78, 5) is 29.1. The molecule has 0 aliphatic carbocycles. The summed E-state index contributed by atoms with van der Waals surface area (Å²) < 4.78 is 6.95. The number of carbonyl (C=O) groups is 2. The highest BCUT2D eigenvalue weighted by Crippen LogP contribution is 2.29. The zero-order valence-corrected chi connectivity index (χ0v) is 13.2. The Hall–Kier alpha value is -1.82. The topological polar surface area (TPSA) is 54.8 Å². The molecule has 2 amide bonds. The fourth-order valence-electron chi connectivity index (χ4n) is 3.54. The minimum atomic E-state index is -0.0696. The molecule has 3 fully saturated rings. The van der Waals surface area contributed by atoms with Gasteiger partial charge in [-0.1, -0.05) is 0 Å². The molecule has 3 saturated heterocycles. The predicted octanol–water partition coefficient (Wildman–Crippen LogP) is 0.734. The fraction of sp³-hybridized carbons (Fsp3) is 0.625. The Labute approximate surface area is 130 Å². The summed E-state index contributed by atoms with van der Waals surface area (Å²) in [6.07, 6.45) is 3.72. The van der Waals surface area contributed by atoms with E-state index >= 15 is 0 Å². The first-order chi connectivity index (χ1) is 10.6. The van der Waals surface area contributed by atoms with Crippen LogP contribution in [0.3, 0.4) is 0 Å². The van der Waals surface area contributed by atoms with E-state index < -0.39 is 0 Å². The maximum atomic E-state index is 12.7. The Kier molecular flexibility index (Phi) is 4.20. The molecule has 3 aliphatic rings. The number of hydrogen-bond acceptors (Lipinski definition) is 3. The average Bonchev–Trinajstić information content (AvgIpc) is 2.76. The lowest BCUT2D eigenvalue weighted by atomic mass is 9.94. The summed E-state index contributed by atoms with van der Waals surface area (Å²) in [5.41, 5.74) is 0.678. The van der Waals surface area contributed by atoms with Gasteiger partial charge in [-0.05, 0) is 25.0 Å². The number of hydrogen-bond donors (Lipinski definition) is 0. The van der Waals surface area contributed by atoms with Crippen molar-refractivity contribution in [2.24, 2.45) is 13.0 Å². The van der Waals surface area contributed by atoms with Crippen molar-refractivity contribution in [3.05, 3.63) is 24.0 Å². The lowest BCUT2D eigenvalue weighted by Gasteiger charge is -2.35. The van der Waals surface area contributed by atoms with Crippen molar-refractivity contribution in [1.29, 1.82) is 0 Å². The van der Waals surface area contributed by atoms with E-state index in [0.717, 1.165) is 12.8 Å². The monoisotopic (exact) mass is 305 g/mol. The number of fused-ring (bicyclic) bond motifs is 4. The van der Waals surface area contributed by atoms with Crippen molar-refractivity contribution in [3.8, 4) is 0 Å². The van der Waals surface area contributed by atoms with Gasteiger partial charge in [0.25, 0.3) is 5.91 Å². The van der Waals surface area contributed by atoms with Gasteiger partial charge in [-0.3, -0.25) is 9.59 Å². The number of methoxy groups -OCH3 is 1. The van der Waals surface area contributed by atoms with Gasteiger partial charge in [0.2, 0.25) is 5.91 Å². The van der Waals surface area contributed by atoms with Crippen molar-refractivity contribution in [3.63, 3.8) is 0 Å². The third-order valence-electron chi connectivity index (χ3n) is 4.78. The molecule has 0 saturated carbocycles. The molecule has 120 valence electrons. The first-order valence-electron chi connectivity index (χ1n) is 7.82. The zero-order chi connectivity index (χ0) is 15.7. The summed E-state index contributed by atoms with van der Waals surface area (Å²) in [6, 6.07) is 3.82. The molecule has 2 atom stereocenters. The van der Waals surface area contributed by atoms with Gasteiger partial charge in [0, 0.05) is 46.0 Å². The number of aryl methyl sites for hydroxylation is 1. The second kappa shape index (κ2) is 6.12. The number of amides is 2. The van der Waals surface area contributed by atoms with E-state index in [-0.39, 0.29) is 23.8 Å². The van der Waals surface area contributed by atoms with Gasteiger partial charge >= 0.3 is 0 Å². The summed E-state index contributed by atoms with van der Waals surface area (Å²) in [5, 5.41) is 0. The van der Waals surface area contributed by atoms with E-state index in [1.807, 2.05) is 39.7 Å². The van der Waals surface area contributed by atoms with Gasteiger partial charge in [-0.15, -0.1) is 0 Å². The Morgan fingerprint density at radius 1 is 1.36 bits per heavy atom. The largest absolute Gasteiger partial charge is 0.383 e. The Morgan fingerprint density at radius 3 is 2.86 bits per heavy atom. The summed E-state index contributed by atoms with van der Waals surface area (Å²) in [6.45, 7) is 2.31. The predicted molar refractivity (Wildman–Crippen MR) is 81.4 cm³/mol. The number of piperidine rings is 1. The van der Waals surface area contributed by atoms with Crippen LogP contribution in [0.1, 0.15) is 23.3 Å². The molecule has 4 rings (SSSR count). The van der Waals surface area contributed by atoms with Crippen LogP contribution in [0.5, 0.6) is 0 Å². The summed E-state index contributed by atoms with van der Waals surface area (Å²) in [5.74, 6) is 0.126. The van der Waals surface area contributed by atoms with Crippen LogP contribution < -0.4 is 0 Å². The van der Waals surface area contributed by atoms with Crippen molar-refractivity contribution < 1.29 is 14.3 Å². The van der Waals surface area contributed by atoms with E-state index in [1.54, 1.807) is 7.11 Å². The summed E-state index contributed by atoms with van der Waals surface area (Å²) in [7, 11) is 3.52. The SMILES string of the molecule is COCCN1C(=O)[C@@H]2CC[C@H]1CN(C(=O)c1cccn1C)C2. The van der Waals surface area contributed by atoms with Gasteiger partial charge in [0.15, 0.2) is 0 Å². The highest BCUT2D eigenvalue weighted by atomic mass is 16.5. The van der Waals surface area contributed by atoms with E-state index in [4.69, 9.17) is 4.74 Å². The van der Waals surface area contributed by atoms with Crippen molar-refractivity contribution in [2.75, 3.05) is 33.4 Å². The van der Waals surface area contributed by atoms with Crippen molar-refractivity contribution >= 4 is 11.8 Å². The van der Waals surface area contributed by atoms with Gasteiger partial charge in [0.05, 0.1) is 12.5 Å². The Balaban J connectivity index is 1.79. The Morgan fingerprint density at radius 2 is 2.18 bits per heavy atom. The Bertz CT molecular complexity index is 569. The maximum Gasteiger partial charge on any atom is 0.270 e. The van der Waals surface area contributed by atoms with Crippen LogP contribution in [-0.4, -0.2) is 65.6 Å². The zero-order valence-electron chi connectivity index (χ0n) is 13.2. The second-order valence-corrected chi connectivity index (χ2v) is 6.17. The van der Waals surface area contributed by atoms with Crippen LogP contribution in [0.15, 0.2) is 18.3 Å². The van der Waals surface area contributed by atoms with Gasteiger partial charge in [-0.25, -0.2) is 0 Å². The number of ether oxygens (including phenoxy) is 1. The third-order valence-corrected chi connectivity index (χ3v) is 4.78. The average molecular weight is 305 g/mol. The van der Waals surface area contributed by atoms with Crippen molar-refractivity contribution in [1.82, 2.24) is 14.4 Å². The molecule has 6 heteroatoms. The maximum absolute atomic E-state index is 12.7. The summed E-state index contributed by atoms with van der Waals surface area (Å²) >= 11 is 0. The van der Waals surface area contributed by atoms with Crippen LogP contribution in [0.4, 0.5) is 0 Å². The number of aromatic nitrogens is 1. The quantitative estimate of drug-likeness (QED) is 0.824. The van der Waals surface area contributed by atoms with E-state index in [2.05, 4.69) is 0 Å². The van der Waals surface area contributed by atoms with Crippen LogP contribution in [0.25, 0.3) is 0 Å². The third kappa shape index (κ3) is 2.63. The lowest BCUT2D eigenvalue weighted by Crippen LogP contribution is -2.49. The molecular formula is C16H23N3O3. The van der Waals surface area contributed by atoms with E-state index in [1.165, 1.54) is 0 Å². The highest BCUT2D eigenvalue weighted by molar-refractivity contribution is 5.93. The standard InChI is InChI=1S/C16H23N3O3/c1-17-7-3-4-14(17)16(21)18-10-12-5-6-13(11-18)19(15(12)20)8-9-22-2/h3-4,7,12-13H,5-6,8-11H2,1-2H3/t12-,13+/m1/s1. The van der Waals surface area contributed by atoms with Gasteiger partial charge in [0.1, 0.15) is 5.69 Å². The van der Waals surface area contributed by atoms with Crippen LogP contribution >= 0.6 is 0 Å². The molecule has 1 aromatic heterocycles. The molecule has 0 radical (unpaired) electrons. The number of nitrogens with zero attached hydrogens (tertiary/aromatic N) is 3. The molecule has 0 spiro atoms. The molecule has 3 aliphatic heterocycles. The van der Waals surface area contributed by atoms with Crippen LogP contribution in [0.2, 0.25) is 0 Å². The first kappa shape index (κ1) is 15.1. The molecule has 0 N–H and O–H groups in total. The smallest absolute Gasteiger partial charge is 0.270 e. The van der Waals surface area contributed by atoms with Gasteiger partial charge < -0.3 is 19.1 Å². The molecule has 6 nitrogen and oxygen atoms in total. The fourth-order valence-corrected chi connectivity index (χ4v) is 3.54. The lowest BCUT2D eigenvalue weighted by molar-refractivity contribution is -0.140. The van der Waals surface area contributed by atoms with E-state index in [9.17, 15) is 9.59 Å². The molecule has 22 heavy (non-hydrogen) atoms.